The number of amides is 1. The van der Waals surface area contributed by atoms with Crippen LogP contribution in [0.5, 0.6) is 0 Å². The molecule has 0 spiro atoms. The van der Waals surface area contributed by atoms with E-state index in [1.807, 2.05) is 0 Å². The molecule has 2 N–H and O–H groups in total. The van der Waals surface area contributed by atoms with Crippen LogP contribution in [0.4, 0.5) is 4.39 Å². The quantitative estimate of drug-likeness (QED) is 0.781. The second-order valence-electron chi connectivity index (χ2n) is 4.46. The molecule has 0 fully saturated rings. The van der Waals surface area contributed by atoms with E-state index in [1.54, 1.807) is 25.0 Å². The van der Waals surface area contributed by atoms with Crippen LogP contribution in [0.2, 0.25) is 0 Å². The van der Waals surface area contributed by atoms with Gasteiger partial charge in [-0.15, -0.1) is 0 Å². The number of nitrogens with zero attached hydrogens (tertiary/aromatic N) is 1. The molecule has 1 aromatic carbocycles. The van der Waals surface area contributed by atoms with Gasteiger partial charge in [-0.3, -0.25) is 4.79 Å². The number of benzene rings is 1. The highest BCUT2D eigenvalue weighted by molar-refractivity contribution is 7.80. The Morgan fingerprint density at radius 1 is 1.45 bits per heavy atom. The fourth-order valence-corrected chi connectivity index (χ4v) is 1.85. The van der Waals surface area contributed by atoms with Gasteiger partial charge < -0.3 is 15.4 Å². The van der Waals surface area contributed by atoms with Crippen molar-refractivity contribution in [2.45, 2.75) is 13.3 Å². The highest BCUT2D eigenvalue weighted by Crippen LogP contribution is 2.13. The van der Waals surface area contributed by atoms with Gasteiger partial charge in [-0.05, 0) is 24.6 Å². The van der Waals surface area contributed by atoms with Crippen LogP contribution in [-0.2, 0) is 4.74 Å². The van der Waals surface area contributed by atoms with Gasteiger partial charge in [0.05, 0.1) is 11.6 Å². The van der Waals surface area contributed by atoms with Gasteiger partial charge in [0.15, 0.2) is 0 Å². The Hall–Kier alpha value is -1.53. The molecule has 4 nitrogen and oxygen atoms in total. The number of nitrogens with two attached hydrogens (primary N) is 1. The topological polar surface area (TPSA) is 55.6 Å². The van der Waals surface area contributed by atoms with Crippen molar-refractivity contribution in [2.24, 2.45) is 5.73 Å². The van der Waals surface area contributed by atoms with Crippen molar-refractivity contribution in [1.82, 2.24) is 4.90 Å². The summed E-state index contributed by atoms with van der Waals surface area (Å²) < 4.78 is 18.3. The van der Waals surface area contributed by atoms with Gasteiger partial charge in [-0.25, -0.2) is 4.39 Å². The maximum Gasteiger partial charge on any atom is 0.254 e. The number of aryl methyl sites for hydroxylation is 1. The van der Waals surface area contributed by atoms with Crippen molar-refractivity contribution in [3.05, 3.63) is 35.1 Å². The van der Waals surface area contributed by atoms with E-state index < -0.39 is 5.82 Å². The lowest BCUT2D eigenvalue weighted by molar-refractivity contribution is 0.0700. The van der Waals surface area contributed by atoms with Gasteiger partial charge in [0.2, 0.25) is 0 Å². The first-order chi connectivity index (χ1) is 9.45. The Morgan fingerprint density at radius 2 is 2.15 bits per heavy atom. The number of carbonyl (C=O) groups excluding carboxylic acids is 1. The zero-order chi connectivity index (χ0) is 15.1. The van der Waals surface area contributed by atoms with Gasteiger partial charge in [-0.1, -0.05) is 18.3 Å². The summed E-state index contributed by atoms with van der Waals surface area (Å²) in [4.78, 5) is 14.4. The minimum atomic E-state index is -0.431. The first-order valence-corrected chi connectivity index (χ1v) is 6.69. The zero-order valence-electron chi connectivity index (χ0n) is 11.7. The second-order valence-corrected chi connectivity index (χ2v) is 4.98. The molecule has 1 amide bonds. The van der Waals surface area contributed by atoms with Crippen molar-refractivity contribution in [3.8, 4) is 0 Å². The minimum Gasteiger partial charge on any atom is -0.393 e. The fraction of sp³-hybridized carbons (Fsp3) is 0.429. The van der Waals surface area contributed by atoms with E-state index >= 15 is 0 Å². The third kappa shape index (κ3) is 4.86. The minimum absolute atomic E-state index is 0.240. The highest BCUT2D eigenvalue weighted by atomic mass is 32.1. The van der Waals surface area contributed by atoms with Crippen molar-refractivity contribution in [1.29, 1.82) is 0 Å². The average Bonchev–Trinajstić information content (AvgIpc) is 2.40. The van der Waals surface area contributed by atoms with Gasteiger partial charge in [0.25, 0.3) is 5.91 Å². The van der Waals surface area contributed by atoms with E-state index in [1.165, 1.54) is 12.1 Å². The molecular weight excluding hydrogens is 279 g/mol. The van der Waals surface area contributed by atoms with E-state index in [9.17, 15) is 9.18 Å². The van der Waals surface area contributed by atoms with Crippen LogP contribution in [0, 0.1) is 12.7 Å². The Bertz CT molecular complexity index is 494. The normalized spacial score (nSPS) is 10.3. The first-order valence-electron chi connectivity index (χ1n) is 6.28. The second kappa shape index (κ2) is 7.91. The Balaban J connectivity index is 2.90. The van der Waals surface area contributed by atoms with Crippen LogP contribution in [0.3, 0.4) is 0 Å². The summed E-state index contributed by atoms with van der Waals surface area (Å²) in [6.07, 6.45) is 0.430. The van der Waals surface area contributed by atoms with Crippen LogP contribution in [0.25, 0.3) is 0 Å². The van der Waals surface area contributed by atoms with E-state index in [0.29, 0.717) is 36.7 Å². The Labute approximate surface area is 123 Å². The molecule has 0 bridgehead atoms. The maximum absolute atomic E-state index is 13.3. The lowest BCUT2D eigenvalue weighted by Crippen LogP contribution is -2.36. The largest absolute Gasteiger partial charge is 0.393 e. The van der Waals surface area contributed by atoms with Crippen molar-refractivity contribution < 1.29 is 13.9 Å². The molecule has 0 atom stereocenters. The molecule has 0 aliphatic carbocycles. The first kappa shape index (κ1) is 16.5. The van der Waals surface area contributed by atoms with Gasteiger partial charge >= 0.3 is 0 Å². The predicted molar refractivity (Wildman–Crippen MR) is 80.3 cm³/mol. The molecule has 110 valence electrons. The molecule has 1 aromatic rings. The predicted octanol–water partition coefficient (Wildman–Crippen LogP) is 1.90. The number of methoxy groups -OCH3 is 1. The average molecular weight is 298 g/mol. The summed E-state index contributed by atoms with van der Waals surface area (Å²) in [5.41, 5.74) is 6.55. The summed E-state index contributed by atoms with van der Waals surface area (Å²) in [6, 6.07) is 4.17. The van der Waals surface area contributed by atoms with E-state index in [0.717, 1.165) is 5.56 Å². The molecule has 0 heterocycles. The smallest absolute Gasteiger partial charge is 0.254 e. The number of carbonyl (C=O) groups is 1. The number of hydrogen-bond acceptors (Lipinski definition) is 3. The van der Waals surface area contributed by atoms with Crippen molar-refractivity contribution in [2.75, 3.05) is 26.8 Å². The molecule has 0 saturated heterocycles. The fourth-order valence-electron chi connectivity index (χ4n) is 1.76. The number of thiocarbonyl (C=S) groups is 1. The molecule has 6 heteroatoms. The molecule has 0 aliphatic rings. The summed E-state index contributed by atoms with van der Waals surface area (Å²) in [5.74, 6) is -0.671. The molecule has 0 saturated carbocycles. The van der Waals surface area contributed by atoms with E-state index in [4.69, 9.17) is 22.7 Å². The maximum atomic E-state index is 13.3. The summed E-state index contributed by atoms with van der Waals surface area (Å²) >= 11 is 4.82. The van der Waals surface area contributed by atoms with Crippen LogP contribution in [-0.4, -0.2) is 42.6 Å². The van der Waals surface area contributed by atoms with Crippen molar-refractivity contribution >= 4 is 23.1 Å². The van der Waals surface area contributed by atoms with Gasteiger partial charge in [0.1, 0.15) is 5.82 Å². The van der Waals surface area contributed by atoms with Gasteiger partial charge in [-0.2, -0.15) is 0 Å². The number of hydrogen-bond donors (Lipinski definition) is 1. The molecular formula is C14H19FN2O2S. The SMILES string of the molecule is COCCN(CCC(N)=S)C(=O)c1cc(F)ccc1C. The highest BCUT2D eigenvalue weighted by Gasteiger charge is 2.18. The zero-order valence-corrected chi connectivity index (χ0v) is 12.5. The van der Waals surface area contributed by atoms with Crippen LogP contribution >= 0.6 is 12.2 Å². The summed E-state index contributed by atoms with van der Waals surface area (Å²) in [5, 5.41) is 0. The number of halogens is 1. The third-order valence-electron chi connectivity index (χ3n) is 2.91. The molecule has 0 aromatic heterocycles. The molecule has 0 radical (unpaired) electrons. The number of ether oxygens (including phenoxy) is 1. The molecule has 0 unspecified atom stereocenters. The lowest BCUT2D eigenvalue weighted by Gasteiger charge is -2.23. The standard InChI is InChI=1S/C14H19FN2O2S/c1-10-3-4-11(15)9-12(10)14(18)17(7-8-19-2)6-5-13(16)20/h3-4,9H,5-8H2,1-2H3,(H2,16,20). The lowest BCUT2D eigenvalue weighted by atomic mass is 10.1. The third-order valence-corrected chi connectivity index (χ3v) is 3.11. The Morgan fingerprint density at radius 3 is 2.75 bits per heavy atom. The number of rotatable bonds is 7. The summed E-state index contributed by atoms with van der Waals surface area (Å²) in [7, 11) is 1.56. The monoisotopic (exact) mass is 298 g/mol. The molecule has 0 aliphatic heterocycles. The Kier molecular flexibility index (Phi) is 6.54. The molecule has 20 heavy (non-hydrogen) atoms. The van der Waals surface area contributed by atoms with Crippen LogP contribution < -0.4 is 5.73 Å². The summed E-state index contributed by atoms with van der Waals surface area (Å²) in [6.45, 7) is 2.98. The van der Waals surface area contributed by atoms with Gasteiger partial charge in [0, 0.05) is 32.2 Å². The van der Waals surface area contributed by atoms with Crippen molar-refractivity contribution in [3.63, 3.8) is 0 Å². The van der Waals surface area contributed by atoms with E-state index in [2.05, 4.69) is 0 Å². The van der Waals surface area contributed by atoms with Crippen LogP contribution in [0.1, 0.15) is 22.3 Å². The molecule has 1 rings (SSSR count). The van der Waals surface area contributed by atoms with E-state index in [-0.39, 0.29) is 5.91 Å². The van der Waals surface area contributed by atoms with Crippen LogP contribution in [0.15, 0.2) is 18.2 Å².